The van der Waals surface area contributed by atoms with E-state index >= 15 is 0 Å². The Morgan fingerprint density at radius 2 is 2.21 bits per heavy atom. The number of amides is 1. The molecule has 1 amide bonds. The van der Waals surface area contributed by atoms with Crippen molar-refractivity contribution in [1.82, 2.24) is 4.90 Å². The summed E-state index contributed by atoms with van der Waals surface area (Å²) in [5.41, 5.74) is 6.28. The number of methoxy groups -OCH3 is 1. The van der Waals surface area contributed by atoms with Crippen LogP contribution < -0.4 is 5.73 Å². The van der Waals surface area contributed by atoms with Crippen molar-refractivity contribution >= 4 is 5.91 Å². The lowest BCUT2D eigenvalue weighted by atomic mass is 10.1. The first kappa shape index (κ1) is 15.5. The Kier molecular flexibility index (Phi) is 6.92. The number of phenols is 1. The van der Waals surface area contributed by atoms with E-state index in [0.717, 1.165) is 12.0 Å². The van der Waals surface area contributed by atoms with Crippen molar-refractivity contribution in [2.24, 2.45) is 5.73 Å². The normalized spacial score (nSPS) is 10.4. The second-order valence-electron chi connectivity index (χ2n) is 4.36. The summed E-state index contributed by atoms with van der Waals surface area (Å²) in [5.74, 6) is 0.201. The number of hydrogen-bond donors (Lipinski definition) is 2. The van der Waals surface area contributed by atoms with Crippen molar-refractivity contribution < 1.29 is 14.6 Å². The average Bonchev–Trinajstić information content (AvgIpc) is 2.38. The summed E-state index contributed by atoms with van der Waals surface area (Å²) >= 11 is 0. The predicted molar refractivity (Wildman–Crippen MR) is 73.9 cm³/mol. The maximum Gasteiger partial charge on any atom is 0.227 e. The Balaban J connectivity index is 2.59. The third-order valence-corrected chi connectivity index (χ3v) is 2.82. The molecule has 19 heavy (non-hydrogen) atoms. The van der Waals surface area contributed by atoms with E-state index in [9.17, 15) is 9.90 Å². The smallest absolute Gasteiger partial charge is 0.227 e. The molecular formula is C14H22N2O3. The van der Waals surface area contributed by atoms with Crippen LogP contribution in [0.5, 0.6) is 5.75 Å². The Labute approximate surface area is 114 Å². The van der Waals surface area contributed by atoms with Crippen LogP contribution in [-0.2, 0) is 16.0 Å². The van der Waals surface area contributed by atoms with Gasteiger partial charge >= 0.3 is 0 Å². The number of hydrogen-bond acceptors (Lipinski definition) is 4. The van der Waals surface area contributed by atoms with Crippen LogP contribution in [0.25, 0.3) is 0 Å². The minimum atomic E-state index is 0.0242. The number of nitrogens with two attached hydrogens (primary N) is 1. The standard InChI is InChI=1S/C14H22N2O3/c1-19-9-8-16(7-3-6-15)14(18)11-12-4-2-5-13(17)10-12/h2,4-5,10,17H,3,6-9,11,15H2,1H3. The molecule has 5 nitrogen and oxygen atoms in total. The monoisotopic (exact) mass is 266 g/mol. The molecule has 0 atom stereocenters. The number of phenolic OH excluding ortho intramolecular Hbond substituents is 1. The molecule has 0 saturated carbocycles. The van der Waals surface area contributed by atoms with E-state index < -0.39 is 0 Å². The third-order valence-electron chi connectivity index (χ3n) is 2.82. The Bertz CT molecular complexity index is 388. The van der Waals surface area contributed by atoms with Crippen LogP contribution >= 0.6 is 0 Å². The van der Waals surface area contributed by atoms with E-state index in [0.29, 0.717) is 26.2 Å². The van der Waals surface area contributed by atoms with Crippen LogP contribution in [0.15, 0.2) is 24.3 Å². The van der Waals surface area contributed by atoms with E-state index in [1.54, 1.807) is 30.2 Å². The Morgan fingerprint density at radius 3 is 2.84 bits per heavy atom. The summed E-state index contributed by atoms with van der Waals surface area (Å²) in [4.78, 5) is 13.9. The molecule has 0 spiro atoms. The van der Waals surface area contributed by atoms with Gasteiger partial charge in [0.2, 0.25) is 5.91 Å². The highest BCUT2D eigenvalue weighted by molar-refractivity contribution is 5.78. The highest BCUT2D eigenvalue weighted by Crippen LogP contribution is 2.12. The molecule has 1 aromatic rings. The number of rotatable bonds is 8. The highest BCUT2D eigenvalue weighted by atomic mass is 16.5. The van der Waals surface area contributed by atoms with Crippen molar-refractivity contribution in [3.63, 3.8) is 0 Å². The van der Waals surface area contributed by atoms with E-state index in [4.69, 9.17) is 10.5 Å². The molecule has 0 aliphatic heterocycles. The average molecular weight is 266 g/mol. The summed E-state index contributed by atoms with van der Waals surface area (Å²) in [6, 6.07) is 6.76. The lowest BCUT2D eigenvalue weighted by Crippen LogP contribution is -2.36. The van der Waals surface area contributed by atoms with Crippen molar-refractivity contribution in [1.29, 1.82) is 0 Å². The zero-order valence-electron chi connectivity index (χ0n) is 11.3. The fourth-order valence-electron chi connectivity index (χ4n) is 1.80. The van der Waals surface area contributed by atoms with Gasteiger partial charge in [-0.25, -0.2) is 0 Å². The first-order valence-corrected chi connectivity index (χ1v) is 6.42. The molecule has 0 fully saturated rings. The van der Waals surface area contributed by atoms with Gasteiger partial charge in [-0.15, -0.1) is 0 Å². The highest BCUT2D eigenvalue weighted by Gasteiger charge is 2.13. The van der Waals surface area contributed by atoms with Crippen molar-refractivity contribution in [2.75, 3.05) is 33.4 Å². The van der Waals surface area contributed by atoms with E-state index in [-0.39, 0.29) is 18.1 Å². The molecule has 0 unspecified atom stereocenters. The van der Waals surface area contributed by atoms with Crippen molar-refractivity contribution in [2.45, 2.75) is 12.8 Å². The minimum absolute atomic E-state index is 0.0242. The Morgan fingerprint density at radius 1 is 1.42 bits per heavy atom. The van der Waals surface area contributed by atoms with Gasteiger partial charge in [0.05, 0.1) is 13.0 Å². The molecular weight excluding hydrogens is 244 g/mol. The van der Waals surface area contributed by atoms with Gasteiger partial charge in [0, 0.05) is 20.2 Å². The largest absolute Gasteiger partial charge is 0.508 e. The lowest BCUT2D eigenvalue weighted by molar-refractivity contribution is -0.131. The first-order chi connectivity index (χ1) is 9.17. The van der Waals surface area contributed by atoms with Gasteiger partial charge in [-0.3, -0.25) is 4.79 Å². The zero-order valence-corrected chi connectivity index (χ0v) is 11.3. The topological polar surface area (TPSA) is 75.8 Å². The fourth-order valence-corrected chi connectivity index (χ4v) is 1.80. The summed E-state index contributed by atoms with van der Waals surface area (Å²) in [5, 5.41) is 9.39. The maximum absolute atomic E-state index is 12.2. The number of carbonyl (C=O) groups excluding carboxylic acids is 1. The van der Waals surface area contributed by atoms with Gasteiger partial charge in [-0.2, -0.15) is 0 Å². The number of aromatic hydroxyl groups is 1. The van der Waals surface area contributed by atoms with Crippen LogP contribution in [0.1, 0.15) is 12.0 Å². The number of benzene rings is 1. The van der Waals surface area contributed by atoms with Crippen LogP contribution in [0.4, 0.5) is 0 Å². The van der Waals surface area contributed by atoms with Gasteiger partial charge in [-0.1, -0.05) is 12.1 Å². The van der Waals surface area contributed by atoms with E-state index in [1.165, 1.54) is 0 Å². The molecule has 0 aliphatic carbocycles. The molecule has 0 radical (unpaired) electrons. The van der Waals surface area contributed by atoms with Gasteiger partial charge in [0.1, 0.15) is 5.75 Å². The number of carbonyl (C=O) groups is 1. The van der Waals surface area contributed by atoms with E-state index in [2.05, 4.69) is 0 Å². The van der Waals surface area contributed by atoms with Crippen LogP contribution in [0, 0.1) is 0 Å². The fraction of sp³-hybridized carbons (Fsp3) is 0.500. The van der Waals surface area contributed by atoms with Crippen LogP contribution in [-0.4, -0.2) is 49.3 Å². The lowest BCUT2D eigenvalue weighted by Gasteiger charge is -2.22. The second-order valence-corrected chi connectivity index (χ2v) is 4.36. The first-order valence-electron chi connectivity index (χ1n) is 6.42. The molecule has 1 rings (SSSR count). The summed E-state index contributed by atoms with van der Waals surface area (Å²) in [7, 11) is 1.61. The van der Waals surface area contributed by atoms with E-state index in [1.807, 2.05) is 6.07 Å². The van der Waals surface area contributed by atoms with Gasteiger partial charge in [-0.05, 0) is 30.7 Å². The van der Waals surface area contributed by atoms with Gasteiger partial charge in [0.25, 0.3) is 0 Å². The van der Waals surface area contributed by atoms with Gasteiger partial charge < -0.3 is 20.5 Å². The molecule has 5 heteroatoms. The number of ether oxygens (including phenoxy) is 1. The van der Waals surface area contributed by atoms with Crippen LogP contribution in [0.3, 0.4) is 0 Å². The second kappa shape index (κ2) is 8.50. The summed E-state index contributed by atoms with van der Waals surface area (Å²) < 4.78 is 5.01. The molecule has 106 valence electrons. The molecule has 0 bridgehead atoms. The van der Waals surface area contributed by atoms with Crippen molar-refractivity contribution in [3.05, 3.63) is 29.8 Å². The third kappa shape index (κ3) is 5.72. The molecule has 3 N–H and O–H groups in total. The molecule has 0 saturated heterocycles. The van der Waals surface area contributed by atoms with Gasteiger partial charge in [0.15, 0.2) is 0 Å². The van der Waals surface area contributed by atoms with Crippen molar-refractivity contribution in [3.8, 4) is 5.75 Å². The summed E-state index contributed by atoms with van der Waals surface area (Å²) in [6.07, 6.45) is 1.05. The van der Waals surface area contributed by atoms with Crippen LogP contribution in [0.2, 0.25) is 0 Å². The maximum atomic E-state index is 12.2. The Hall–Kier alpha value is -1.59. The summed E-state index contributed by atoms with van der Waals surface area (Å²) in [6.45, 7) is 2.27. The predicted octanol–water partition coefficient (Wildman–Crippen LogP) is 0.759. The molecule has 0 heterocycles. The zero-order chi connectivity index (χ0) is 14.1. The minimum Gasteiger partial charge on any atom is -0.508 e. The quantitative estimate of drug-likeness (QED) is 0.728. The SMILES string of the molecule is COCCN(CCCN)C(=O)Cc1cccc(O)c1. The molecule has 0 aliphatic rings. The number of nitrogens with zero attached hydrogens (tertiary/aromatic N) is 1. The molecule has 0 aromatic heterocycles. The molecule has 1 aromatic carbocycles.